The van der Waals surface area contributed by atoms with Crippen LogP contribution in [0.15, 0.2) is 59.6 Å². The van der Waals surface area contributed by atoms with Crippen molar-refractivity contribution in [2.75, 3.05) is 0 Å². The number of rotatable bonds is 5. The molecule has 0 saturated carbocycles. The second kappa shape index (κ2) is 8.04. The van der Waals surface area contributed by atoms with Crippen LogP contribution in [0.3, 0.4) is 0 Å². The van der Waals surface area contributed by atoms with Crippen molar-refractivity contribution in [1.29, 1.82) is 0 Å². The van der Waals surface area contributed by atoms with E-state index >= 15 is 0 Å². The number of hydrogen-bond donors (Lipinski definition) is 1. The third kappa shape index (κ3) is 4.92. The van der Waals surface area contributed by atoms with Gasteiger partial charge in [0.2, 0.25) is 0 Å². The highest BCUT2D eigenvalue weighted by molar-refractivity contribution is 8.13. The summed E-state index contributed by atoms with van der Waals surface area (Å²) in [7, 11) is 0. The van der Waals surface area contributed by atoms with E-state index in [-0.39, 0.29) is 6.04 Å². The highest BCUT2D eigenvalue weighted by Gasteiger charge is 2.05. The van der Waals surface area contributed by atoms with Crippen LogP contribution in [0.2, 0.25) is 0 Å². The summed E-state index contributed by atoms with van der Waals surface area (Å²) in [5, 5.41) is 0.643. The molecular weight excluding hydrogens is 288 g/mol. The molecule has 0 saturated heterocycles. The van der Waals surface area contributed by atoms with Gasteiger partial charge < -0.3 is 5.73 Å². The van der Waals surface area contributed by atoms with E-state index in [1.165, 1.54) is 16.7 Å². The number of amidine groups is 1. The molecule has 3 heteroatoms. The predicted molar refractivity (Wildman–Crippen MR) is 98.3 cm³/mol. The summed E-state index contributed by atoms with van der Waals surface area (Å²) in [5.41, 5.74) is 9.88. The number of aliphatic imine (C=N–C) groups is 1. The normalized spacial score (nSPS) is 13.4. The smallest absolute Gasteiger partial charge is 0.154 e. The van der Waals surface area contributed by atoms with E-state index in [1.54, 1.807) is 11.8 Å². The van der Waals surface area contributed by atoms with Crippen LogP contribution in [-0.4, -0.2) is 5.17 Å². The van der Waals surface area contributed by atoms with E-state index in [0.29, 0.717) is 11.1 Å². The van der Waals surface area contributed by atoms with Crippen LogP contribution in [0.5, 0.6) is 0 Å². The van der Waals surface area contributed by atoms with Crippen LogP contribution < -0.4 is 5.73 Å². The summed E-state index contributed by atoms with van der Waals surface area (Å²) >= 11 is 1.59. The molecule has 0 aliphatic carbocycles. The van der Waals surface area contributed by atoms with Gasteiger partial charge in [0.25, 0.3) is 0 Å². The van der Waals surface area contributed by atoms with E-state index in [2.05, 4.69) is 62.2 Å². The molecule has 0 aliphatic heterocycles. The standard InChI is InChI=1S/C19H24N2S/c1-14(2)17-11-9-16(10-12-17)13-22-19(20)21-15(3)18-7-5-4-6-8-18/h4-12,14-15H,13H2,1-3H3,(H2,20,21)/t15-/m1/s1. The third-order valence-corrected chi connectivity index (χ3v) is 4.51. The van der Waals surface area contributed by atoms with E-state index in [1.807, 2.05) is 18.2 Å². The molecule has 0 bridgehead atoms. The van der Waals surface area contributed by atoms with Crippen LogP contribution in [0.4, 0.5) is 0 Å². The molecule has 0 aromatic heterocycles. The van der Waals surface area contributed by atoms with Crippen LogP contribution in [-0.2, 0) is 5.75 Å². The molecule has 2 aromatic rings. The highest BCUT2D eigenvalue weighted by Crippen LogP contribution is 2.20. The molecule has 0 fully saturated rings. The topological polar surface area (TPSA) is 38.4 Å². The monoisotopic (exact) mass is 312 g/mol. The van der Waals surface area contributed by atoms with Crippen LogP contribution in [0.25, 0.3) is 0 Å². The molecule has 0 amide bonds. The first-order chi connectivity index (χ1) is 10.6. The molecule has 22 heavy (non-hydrogen) atoms. The lowest BCUT2D eigenvalue weighted by molar-refractivity contribution is 0.822. The minimum absolute atomic E-state index is 0.0945. The fourth-order valence-corrected chi connectivity index (χ4v) is 2.93. The van der Waals surface area contributed by atoms with Crippen molar-refractivity contribution < 1.29 is 0 Å². The second-order valence-electron chi connectivity index (χ2n) is 5.74. The maximum atomic E-state index is 6.05. The van der Waals surface area contributed by atoms with Crippen molar-refractivity contribution in [2.45, 2.75) is 38.5 Å². The Balaban J connectivity index is 1.91. The van der Waals surface area contributed by atoms with E-state index < -0.39 is 0 Å². The molecule has 116 valence electrons. The van der Waals surface area contributed by atoms with Gasteiger partial charge >= 0.3 is 0 Å². The summed E-state index contributed by atoms with van der Waals surface area (Å²) in [6.45, 7) is 6.49. The number of hydrogen-bond acceptors (Lipinski definition) is 2. The van der Waals surface area contributed by atoms with Gasteiger partial charge in [0.05, 0.1) is 6.04 Å². The minimum atomic E-state index is 0.0945. The molecule has 0 heterocycles. The zero-order valence-corrected chi connectivity index (χ0v) is 14.3. The van der Waals surface area contributed by atoms with E-state index in [4.69, 9.17) is 5.73 Å². The van der Waals surface area contributed by atoms with Gasteiger partial charge in [0.1, 0.15) is 0 Å². The summed E-state index contributed by atoms with van der Waals surface area (Å²) < 4.78 is 0. The third-order valence-electron chi connectivity index (χ3n) is 3.64. The Morgan fingerprint density at radius 3 is 2.18 bits per heavy atom. The van der Waals surface area contributed by atoms with Gasteiger partial charge in [-0.1, -0.05) is 80.2 Å². The first-order valence-electron chi connectivity index (χ1n) is 7.66. The van der Waals surface area contributed by atoms with Crippen molar-refractivity contribution in [3.8, 4) is 0 Å². The Morgan fingerprint density at radius 2 is 1.59 bits per heavy atom. The molecule has 0 aliphatic rings. The van der Waals surface area contributed by atoms with Crippen molar-refractivity contribution in [3.63, 3.8) is 0 Å². The first kappa shape index (κ1) is 16.6. The van der Waals surface area contributed by atoms with Gasteiger partial charge in [-0.2, -0.15) is 0 Å². The van der Waals surface area contributed by atoms with E-state index in [0.717, 1.165) is 5.75 Å². The maximum absolute atomic E-state index is 6.05. The number of nitrogens with two attached hydrogens (primary N) is 1. The zero-order valence-electron chi connectivity index (χ0n) is 13.5. The fraction of sp³-hybridized carbons (Fsp3) is 0.316. The van der Waals surface area contributed by atoms with Gasteiger partial charge in [0, 0.05) is 5.75 Å². The van der Waals surface area contributed by atoms with Crippen LogP contribution in [0.1, 0.15) is 49.4 Å². The Hall–Kier alpha value is -1.74. The van der Waals surface area contributed by atoms with Crippen molar-refractivity contribution >= 4 is 16.9 Å². The summed E-state index contributed by atoms with van der Waals surface area (Å²) in [6, 6.07) is 19.1. The molecular formula is C19H24N2S. The Bertz CT molecular complexity index is 603. The largest absolute Gasteiger partial charge is 0.379 e. The predicted octanol–water partition coefficient (Wildman–Crippen LogP) is 5.12. The fourth-order valence-electron chi connectivity index (χ4n) is 2.19. The number of benzene rings is 2. The zero-order chi connectivity index (χ0) is 15.9. The van der Waals surface area contributed by atoms with Gasteiger partial charge in [-0.25, -0.2) is 0 Å². The number of nitrogens with zero attached hydrogens (tertiary/aromatic N) is 1. The lowest BCUT2D eigenvalue weighted by atomic mass is 10.0. The molecule has 2 nitrogen and oxygen atoms in total. The summed E-state index contributed by atoms with van der Waals surface area (Å²) in [6.07, 6.45) is 0. The molecule has 0 unspecified atom stereocenters. The van der Waals surface area contributed by atoms with Crippen molar-refractivity contribution in [2.24, 2.45) is 10.7 Å². The lowest BCUT2D eigenvalue weighted by Gasteiger charge is -2.09. The average Bonchev–Trinajstić information content (AvgIpc) is 2.54. The molecule has 2 N–H and O–H groups in total. The Morgan fingerprint density at radius 1 is 0.955 bits per heavy atom. The van der Waals surface area contributed by atoms with Crippen LogP contribution >= 0.6 is 11.8 Å². The molecule has 1 atom stereocenters. The highest BCUT2D eigenvalue weighted by atomic mass is 32.2. The minimum Gasteiger partial charge on any atom is -0.379 e. The van der Waals surface area contributed by atoms with Crippen LogP contribution in [0, 0.1) is 0 Å². The van der Waals surface area contributed by atoms with Gasteiger partial charge in [-0.05, 0) is 29.5 Å². The summed E-state index contributed by atoms with van der Waals surface area (Å²) in [5.74, 6) is 1.43. The summed E-state index contributed by atoms with van der Waals surface area (Å²) in [4.78, 5) is 4.57. The van der Waals surface area contributed by atoms with E-state index in [9.17, 15) is 0 Å². The molecule has 2 rings (SSSR count). The Kier molecular flexibility index (Phi) is 6.08. The van der Waals surface area contributed by atoms with Gasteiger partial charge in [-0.15, -0.1) is 0 Å². The van der Waals surface area contributed by atoms with Crippen molar-refractivity contribution in [3.05, 3.63) is 71.3 Å². The second-order valence-corrected chi connectivity index (χ2v) is 6.73. The quantitative estimate of drug-likeness (QED) is 0.615. The molecule has 0 radical (unpaired) electrons. The lowest BCUT2D eigenvalue weighted by Crippen LogP contribution is -2.09. The molecule has 2 aromatic carbocycles. The van der Waals surface area contributed by atoms with Crippen molar-refractivity contribution in [1.82, 2.24) is 0 Å². The van der Waals surface area contributed by atoms with Gasteiger partial charge in [-0.3, -0.25) is 4.99 Å². The van der Waals surface area contributed by atoms with Gasteiger partial charge in [0.15, 0.2) is 5.17 Å². The molecule has 0 spiro atoms. The SMILES string of the molecule is CC(C)c1ccc(CSC(N)=N[C@H](C)c2ccccc2)cc1. The maximum Gasteiger partial charge on any atom is 0.154 e. The first-order valence-corrected chi connectivity index (χ1v) is 8.64. The Labute approximate surface area is 137 Å². The average molecular weight is 312 g/mol. The number of thioether (sulfide) groups is 1.